The van der Waals surface area contributed by atoms with E-state index in [9.17, 15) is 4.79 Å². The smallest absolute Gasteiger partial charge is 0.229 e. The minimum absolute atomic E-state index is 0.113. The lowest BCUT2D eigenvalue weighted by atomic mass is 9.92. The second-order valence-corrected chi connectivity index (χ2v) is 7.65. The largest absolute Gasteiger partial charge is 0.354 e. The molecule has 1 aliphatic rings. The summed E-state index contributed by atoms with van der Waals surface area (Å²) in [4.78, 5) is 28.7. The molecule has 0 bridgehead atoms. The molecule has 0 unspecified atom stereocenters. The molecule has 0 aliphatic carbocycles. The Balaban J connectivity index is 1.53. The number of likely N-dealkylation sites (N-methyl/N-ethyl adjacent to an activating group) is 1. The van der Waals surface area contributed by atoms with E-state index in [1.807, 2.05) is 17.2 Å². The van der Waals surface area contributed by atoms with Gasteiger partial charge in [-0.05, 0) is 18.4 Å². The number of carbonyl (C=O) groups excluding carboxylic acids is 1. The third-order valence-electron chi connectivity index (χ3n) is 5.14. The molecule has 1 saturated heterocycles. The summed E-state index contributed by atoms with van der Waals surface area (Å²) in [5.41, 5.74) is 2.49. The summed E-state index contributed by atoms with van der Waals surface area (Å²) >= 11 is 1.42. The molecule has 136 valence electrons. The number of amides is 1. The maximum absolute atomic E-state index is 12.7. The van der Waals surface area contributed by atoms with E-state index in [0.29, 0.717) is 18.9 Å². The van der Waals surface area contributed by atoms with E-state index in [1.54, 1.807) is 11.8 Å². The molecule has 0 radical (unpaired) electrons. The number of hydrogen-bond donors (Lipinski definition) is 1. The number of rotatable bonds is 4. The molecule has 26 heavy (non-hydrogen) atoms. The number of aromatic nitrogens is 5. The normalized spacial score (nSPS) is 20.5. The van der Waals surface area contributed by atoms with Crippen LogP contribution in [0.1, 0.15) is 18.4 Å². The molecular weight excluding hydrogens is 350 g/mol. The number of aromatic amines is 1. The van der Waals surface area contributed by atoms with Crippen LogP contribution < -0.4 is 4.90 Å². The van der Waals surface area contributed by atoms with Gasteiger partial charge >= 0.3 is 0 Å². The Bertz CT molecular complexity index is 894. The fourth-order valence-electron chi connectivity index (χ4n) is 3.59. The highest BCUT2D eigenvalue weighted by Crippen LogP contribution is 2.28. The van der Waals surface area contributed by atoms with Crippen molar-refractivity contribution in [2.75, 3.05) is 25.0 Å². The van der Waals surface area contributed by atoms with Gasteiger partial charge < -0.3 is 14.8 Å². The van der Waals surface area contributed by atoms with Gasteiger partial charge in [0.25, 0.3) is 0 Å². The standard InChI is InChI=1S/C17H21N7OS/c1-11-4-6-24(15(25)7-14-22-21-10-26-14)8-13(11)23(2)17-12-3-5-18-16(12)19-9-20-17/h3,5,9-11,13H,4,6-8H2,1-2H3,(H,18,19,20)/t11-,13+/m1/s1. The Hall–Kier alpha value is -2.55. The lowest BCUT2D eigenvalue weighted by Crippen LogP contribution is -2.53. The summed E-state index contributed by atoms with van der Waals surface area (Å²) in [7, 11) is 2.05. The first-order chi connectivity index (χ1) is 12.6. The lowest BCUT2D eigenvalue weighted by molar-refractivity contribution is -0.132. The predicted molar refractivity (Wildman–Crippen MR) is 100 cm³/mol. The first kappa shape index (κ1) is 16.9. The zero-order chi connectivity index (χ0) is 18.1. The fourth-order valence-corrected chi connectivity index (χ4v) is 4.11. The zero-order valence-electron chi connectivity index (χ0n) is 14.8. The number of anilines is 1. The number of hydrogen-bond acceptors (Lipinski definition) is 7. The van der Waals surface area contributed by atoms with Gasteiger partial charge in [-0.15, -0.1) is 21.5 Å². The Morgan fingerprint density at radius 2 is 2.35 bits per heavy atom. The molecule has 9 heteroatoms. The predicted octanol–water partition coefficient (Wildman–Crippen LogP) is 1.73. The molecule has 2 atom stereocenters. The first-order valence-electron chi connectivity index (χ1n) is 8.67. The summed E-state index contributed by atoms with van der Waals surface area (Å²) in [6.07, 6.45) is 4.75. The molecule has 1 aliphatic heterocycles. The topological polar surface area (TPSA) is 90.9 Å². The van der Waals surface area contributed by atoms with Gasteiger partial charge in [0.2, 0.25) is 5.91 Å². The molecule has 1 amide bonds. The second-order valence-electron chi connectivity index (χ2n) is 6.73. The van der Waals surface area contributed by atoms with Gasteiger partial charge in [0.05, 0.1) is 17.8 Å². The number of carbonyl (C=O) groups is 1. The van der Waals surface area contributed by atoms with Crippen molar-refractivity contribution in [2.45, 2.75) is 25.8 Å². The third kappa shape index (κ3) is 3.14. The molecule has 0 aromatic carbocycles. The molecule has 4 heterocycles. The summed E-state index contributed by atoms with van der Waals surface area (Å²) in [6.45, 7) is 3.71. The van der Waals surface area contributed by atoms with Crippen molar-refractivity contribution in [3.63, 3.8) is 0 Å². The third-order valence-corrected chi connectivity index (χ3v) is 5.84. The molecule has 3 aromatic rings. The van der Waals surface area contributed by atoms with E-state index in [1.165, 1.54) is 11.3 Å². The Morgan fingerprint density at radius 3 is 3.15 bits per heavy atom. The quantitative estimate of drug-likeness (QED) is 0.751. The van der Waals surface area contributed by atoms with Gasteiger partial charge in [0, 0.05) is 26.3 Å². The minimum Gasteiger partial charge on any atom is -0.354 e. The number of piperidine rings is 1. The SMILES string of the molecule is C[C@@H]1CCN(C(=O)Cc2nncs2)C[C@@H]1N(C)c1ncnc2[nH]ccc12. The summed E-state index contributed by atoms with van der Waals surface area (Å²) in [5.74, 6) is 1.47. The highest BCUT2D eigenvalue weighted by Gasteiger charge is 2.32. The van der Waals surface area contributed by atoms with Crippen molar-refractivity contribution in [1.82, 2.24) is 30.0 Å². The van der Waals surface area contributed by atoms with Crippen LogP contribution >= 0.6 is 11.3 Å². The molecule has 4 rings (SSSR count). The maximum atomic E-state index is 12.7. The lowest BCUT2D eigenvalue weighted by Gasteiger charge is -2.42. The first-order valence-corrected chi connectivity index (χ1v) is 9.55. The number of nitrogens with zero attached hydrogens (tertiary/aromatic N) is 6. The van der Waals surface area contributed by atoms with E-state index in [0.717, 1.165) is 34.8 Å². The van der Waals surface area contributed by atoms with E-state index in [-0.39, 0.29) is 11.9 Å². The van der Waals surface area contributed by atoms with Crippen LogP contribution in [0.2, 0.25) is 0 Å². The number of likely N-dealkylation sites (tertiary alicyclic amines) is 1. The molecule has 0 spiro atoms. The molecule has 3 aromatic heterocycles. The molecule has 0 saturated carbocycles. The second kappa shape index (κ2) is 6.99. The Kier molecular flexibility index (Phi) is 4.54. The van der Waals surface area contributed by atoms with E-state index in [4.69, 9.17) is 0 Å². The summed E-state index contributed by atoms with van der Waals surface area (Å²) < 4.78 is 0. The van der Waals surface area contributed by atoms with Crippen LogP contribution in [0.15, 0.2) is 24.1 Å². The van der Waals surface area contributed by atoms with Crippen LogP contribution in [0.25, 0.3) is 11.0 Å². The van der Waals surface area contributed by atoms with Gasteiger partial charge in [-0.3, -0.25) is 4.79 Å². The fraction of sp³-hybridized carbons (Fsp3) is 0.471. The van der Waals surface area contributed by atoms with Crippen molar-refractivity contribution < 1.29 is 4.79 Å². The van der Waals surface area contributed by atoms with Crippen LogP contribution in [0.3, 0.4) is 0 Å². The van der Waals surface area contributed by atoms with Crippen molar-refractivity contribution >= 4 is 34.1 Å². The number of nitrogens with one attached hydrogen (secondary N) is 1. The van der Waals surface area contributed by atoms with Gasteiger partial charge in [-0.25, -0.2) is 9.97 Å². The highest BCUT2D eigenvalue weighted by atomic mass is 32.1. The molecule has 8 nitrogen and oxygen atoms in total. The molecular formula is C17H21N7OS. The van der Waals surface area contributed by atoms with Crippen LogP contribution in [0.4, 0.5) is 5.82 Å². The average molecular weight is 371 g/mol. The molecule has 1 N–H and O–H groups in total. The highest BCUT2D eigenvalue weighted by molar-refractivity contribution is 7.09. The minimum atomic E-state index is 0.113. The zero-order valence-corrected chi connectivity index (χ0v) is 15.6. The number of fused-ring (bicyclic) bond motifs is 1. The van der Waals surface area contributed by atoms with E-state index >= 15 is 0 Å². The average Bonchev–Trinajstić information content (AvgIpc) is 3.32. The van der Waals surface area contributed by atoms with Gasteiger partial charge in [-0.2, -0.15) is 0 Å². The van der Waals surface area contributed by atoms with E-state index in [2.05, 4.69) is 44.0 Å². The summed E-state index contributed by atoms with van der Waals surface area (Å²) in [6, 6.07) is 2.20. The van der Waals surface area contributed by atoms with Crippen LogP contribution in [-0.2, 0) is 11.2 Å². The van der Waals surface area contributed by atoms with Crippen LogP contribution in [0, 0.1) is 5.92 Å². The Labute approximate surface area is 155 Å². The van der Waals surface area contributed by atoms with Gasteiger partial charge in [-0.1, -0.05) is 6.92 Å². The van der Waals surface area contributed by atoms with Crippen molar-refractivity contribution in [2.24, 2.45) is 5.92 Å². The van der Waals surface area contributed by atoms with Crippen LogP contribution in [0.5, 0.6) is 0 Å². The van der Waals surface area contributed by atoms with Gasteiger partial charge in [0.1, 0.15) is 28.3 Å². The Morgan fingerprint density at radius 1 is 1.46 bits per heavy atom. The van der Waals surface area contributed by atoms with Crippen molar-refractivity contribution in [1.29, 1.82) is 0 Å². The monoisotopic (exact) mass is 371 g/mol. The number of H-pyrrole nitrogens is 1. The van der Waals surface area contributed by atoms with Crippen LogP contribution in [-0.4, -0.2) is 62.1 Å². The van der Waals surface area contributed by atoms with E-state index < -0.39 is 0 Å². The van der Waals surface area contributed by atoms with Crippen molar-refractivity contribution in [3.8, 4) is 0 Å². The summed E-state index contributed by atoms with van der Waals surface area (Å²) in [5, 5.41) is 9.56. The maximum Gasteiger partial charge on any atom is 0.229 e. The van der Waals surface area contributed by atoms with Gasteiger partial charge in [0.15, 0.2) is 0 Å². The molecule has 1 fully saturated rings. The van der Waals surface area contributed by atoms with Crippen molar-refractivity contribution in [3.05, 3.63) is 29.1 Å².